The molecular formula is C17H16O2. The Morgan fingerprint density at radius 3 is 2.11 bits per heavy atom. The zero-order chi connectivity index (χ0) is 13.5. The lowest BCUT2D eigenvalue weighted by molar-refractivity contribution is 0.474. The molecule has 0 aliphatic rings. The van der Waals surface area contributed by atoms with Crippen molar-refractivity contribution in [3.63, 3.8) is 0 Å². The van der Waals surface area contributed by atoms with Crippen LogP contribution in [0.4, 0.5) is 0 Å². The van der Waals surface area contributed by atoms with Crippen LogP contribution < -0.4 is 0 Å². The lowest BCUT2D eigenvalue weighted by Gasteiger charge is -1.94. The third-order valence-electron chi connectivity index (χ3n) is 2.66. The van der Waals surface area contributed by atoms with Gasteiger partial charge in [-0.15, -0.1) is 0 Å². The van der Waals surface area contributed by atoms with Gasteiger partial charge >= 0.3 is 0 Å². The third kappa shape index (κ3) is 4.36. The number of phenolic OH excluding ortho intramolecular Hbond substituents is 2. The summed E-state index contributed by atoms with van der Waals surface area (Å²) in [4.78, 5) is 0. The van der Waals surface area contributed by atoms with E-state index >= 15 is 0 Å². The predicted molar refractivity (Wildman–Crippen MR) is 78.9 cm³/mol. The van der Waals surface area contributed by atoms with E-state index in [-0.39, 0.29) is 11.5 Å². The molecule has 0 saturated heterocycles. The molecule has 0 spiro atoms. The molecular weight excluding hydrogens is 236 g/mol. The molecule has 2 aromatic carbocycles. The normalized spacial score (nSPS) is 11.4. The van der Waals surface area contributed by atoms with Crippen molar-refractivity contribution in [2.24, 2.45) is 0 Å². The molecule has 0 fully saturated rings. The quantitative estimate of drug-likeness (QED) is 0.855. The number of benzene rings is 2. The maximum absolute atomic E-state index is 9.32. The second-order valence-electron chi connectivity index (χ2n) is 4.23. The van der Waals surface area contributed by atoms with Gasteiger partial charge in [-0.1, -0.05) is 48.6 Å². The van der Waals surface area contributed by atoms with Gasteiger partial charge in [-0.2, -0.15) is 0 Å². The smallest absolute Gasteiger partial charge is 0.116 e. The molecule has 0 amide bonds. The van der Waals surface area contributed by atoms with Crippen molar-refractivity contribution in [2.75, 3.05) is 0 Å². The van der Waals surface area contributed by atoms with Crippen molar-refractivity contribution in [3.8, 4) is 11.5 Å². The summed E-state index contributed by atoms with van der Waals surface area (Å²) in [6, 6.07) is 14.2. The first-order valence-corrected chi connectivity index (χ1v) is 6.15. The van der Waals surface area contributed by atoms with Crippen LogP contribution in [0.25, 0.3) is 12.2 Å². The van der Waals surface area contributed by atoms with Crippen molar-refractivity contribution in [1.29, 1.82) is 0 Å². The van der Waals surface area contributed by atoms with Gasteiger partial charge in [0, 0.05) is 0 Å². The summed E-state index contributed by atoms with van der Waals surface area (Å²) < 4.78 is 0. The molecule has 0 aromatic heterocycles. The minimum atomic E-state index is 0.279. The van der Waals surface area contributed by atoms with Crippen LogP contribution in [0, 0.1) is 0 Å². The maximum atomic E-state index is 9.32. The Bertz CT molecular complexity index is 580. The van der Waals surface area contributed by atoms with Crippen molar-refractivity contribution in [1.82, 2.24) is 0 Å². The highest BCUT2D eigenvalue weighted by Crippen LogP contribution is 2.13. The van der Waals surface area contributed by atoms with E-state index in [0.29, 0.717) is 0 Å². The van der Waals surface area contributed by atoms with Crippen LogP contribution in [-0.4, -0.2) is 10.2 Å². The van der Waals surface area contributed by atoms with Crippen LogP contribution in [0.1, 0.15) is 17.5 Å². The lowest BCUT2D eigenvalue weighted by atomic mass is 10.1. The zero-order valence-corrected chi connectivity index (χ0v) is 10.5. The van der Waals surface area contributed by atoms with E-state index in [1.807, 2.05) is 48.6 Å². The topological polar surface area (TPSA) is 40.5 Å². The fraction of sp³-hybridized carbons (Fsp3) is 0.0588. The van der Waals surface area contributed by atoms with E-state index in [0.717, 1.165) is 17.5 Å². The van der Waals surface area contributed by atoms with E-state index in [2.05, 4.69) is 0 Å². The first kappa shape index (κ1) is 13.0. The van der Waals surface area contributed by atoms with Crippen LogP contribution in [0.5, 0.6) is 11.5 Å². The van der Waals surface area contributed by atoms with Crippen LogP contribution in [0.15, 0.2) is 60.7 Å². The molecule has 19 heavy (non-hydrogen) atoms. The number of aromatic hydroxyl groups is 2. The first-order valence-electron chi connectivity index (χ1n) is 6.15. The van der Waals surface area contributed by atoms with E-state index in [9.17, 15) is 5.11 Å². The molecule has 2 nitrogen and oxygen atoms in total. The summed E-state index contributed by atoms with van der Waals surface area (Å²) in [6.07, 6.45) is 8.88. The van der Waals surface area contributed by atoms with Crippen molar-refractivity contribution >= 4 is 12.2 Å². The van der Waals surface area contributed by atoms with Gasteiger partial charge in [0.1, 0.15) is 11.5 Å². The van der Waals surface area contributed by atoms with E-state index in [1.54, 1.807) is 24.3 Å². The Morgan fingerprint density at radius 1 is 0.737 bits per heavy atom. The number of phenols is 2. The Kier molecular flexibility index (Phi) is 4.40. The van der Waals surface area contributed by atoms with Gasteiger partial charge in [0.05, 0.1) is 0 Å². The molecule has 0 atom stereocenters. The average Bonchev–Trinajstić information content (AvgIpc) is 2.41. The molecule has 2 rings (SSSR count). The number of rotatable bonds is 4. The fourth-order valence-corrected chi connectivity index (χ4v) is 1.70. The SMILES string of the molecule is Oc1ccc(/C=C\C/C=C\c2cccc(O)c2)cc1. The van der Waals surface area contributed by atoms with Gasteiger partial charge < -0.3 is 10.2 Å². The molecule has 0 bridgehead atoms. The standard InChI is InChI=1S/C17H16O2/c18-16-11-9-14(10-12-16)5-2-1-3-6-15-7-4-8-17(19)13-15/h2-13,18-19H,1H2/b5-2-,6-3-. The van der Waals surface area contributed by atoms with Crippen LogP contribution in [-0.2, 0) is 0 Å². The van der Waals surface area contributed by atoms with Crippen molar-refractivity contribution in [2.45, 2.75) is 6.42 Å². The molecule has 0 aliphatic heterocycles. The summed E-state index contributed by atoms with van der Waals surface area (Å²) in [5.41, 5.74) is 2.04. The van der Waals surface area contributed by atoms with Gasteiger partial charge in [0.15, 0.2) is 0 Å². The van der Waals surface area contributed by atoms with Gasteiger partial charge in [-0.3, -0.25) is 0 Å². The maximum Gasteiger partial charge on any atom is 0.116 e. The van der Waals surface area contributed by atoms with Crippen LogP contribution in [0.3, 0.4) is 0 Å². The van der Waals surface area contributed by atoms with Gasteiger partial charge in [0.25, 0.3) is 0 Å². The number of hydrogen-bond donors (Lipinski definition) is 2. The Hall–Kier alpha value is -2.48. The van der Waals surface area contributed by atoms with Gasteiger partial charge in [-0.05, 0) is 41.8 Å². The minimum absolute atomic E-state index is 0.279. The number of hydrogen-bond acceptors (Lipinski definition) is 2. The lowest BCUT2D eigenvalue weighted by Crippen LogP contribution is -1.71. The van der Waals surface area contributed by atoms with E-state index in [4.69, 9.17) is 5.11 Å². The molecule has 0 aliphatic carbocycles. The summed E-state index contributed by atoms with van der Waals surface area (Å²) >= 11 is 0. The molecule has 0 saturated carbocycles. The first-order chi connectivity index (χ1) is 9.24. The fourth-order valence-electron chi connectivity index (χ4n) is 1.70. The second-order valence-corrected chi connectivity index (χ2v) is 4.23. The predicted octanol–water partition coefficient (Wildman–Crippen LogP) is 4.21. The van der Waals surface area contributed by atoms with Gasteiger partial charge in [0.2, 0.25) is 0 Å². The number of allylic oxidation sites excluding steroid dienone is 2. The third-order valence-corrected chi connectivity index (χ3v) is 2.66. The molecule has 2 aromatic rings. The Morgan fingerprint density at radius 2 is 1.42 bits per heavy atom. The molecule has 0 radical (unpaired) electrons. The molecule has 2 heteroatoms. The Balaban J connectivity index is 1.88. The van der Waals surface area contributed by atoms with Crippen molar-refractivity contribution < 1.29 is 10.2 Å². The summed E-state index contributed by atoms with van der Waals surface area (Å²) in [6.45, 7) is 0. The molecule has 2 N–H and O–H groups in total. The van der Waals surface area contributed by atoms with Crippen molar-refractivity contribution in [3.05, 3.63) is 71.8 Å². The highest BCUT2D eigenvalue weighted by molar-refractivity contribution is 5.53. The van der Waals surface area contributed by atoms with Crippen LogP contribution >= 0.6 is 0 Å². The summed E-state index contributed by atoms with van der Waals surface area (Å²) in [7, 11) is 0. The summed E-state index contributed by atoms with van der Waals surface area (Å²) in [5, 5.41) is 18.5. The van der Waals surface area contributed by atoms with E-state index in [1.165, 1.54) is 0 Å². The highest BCUT2D eigenvalue weighted by Gasteiger charge is 1.89. The van der Waals surface area contributed by atoms with Gasteiger partial charge in [-0.25, -0.2) is 0 Å². The molecule has 0 unspecified atom stereocenters. The molecule has 0 heterocycles. The zero-order valence-electron chi connectivity index (χ0n) is 10.5. The average molecular weight is 252 g/mol. The minimum Gasteiger partial charge on any atom is -0.508 e. The largest absolute Gasteiger partial charge is 0.508 e. The molecule has 96 valence electrons. The monoisotopic (exact) mass is 252 g/mol. The highest BCUT2D eigenvalue weighted by atomic mass is 16.3. The summed E-state index contributed by atoms with van der Waals surface area (Å²) in [5.74, 6) is 0.558. The van der Waals surface area contributed by atoms with Crippen LogP contribution in [0.2, 0.25) is 0 Å². The second kappa shape index (κ2) is 6.45. The Labute approximate surface area is 113 Å². The van der Waals surface area contributed by atoms with E-state index < -0.39 is 0 Å².